The highest BCUT2D eigenvalue weighted by molar-refractivity contribution is 8.00. The molecule has 3 atom stereocenters. The molecule has 0 saturated carbocycles. The van der Waals surface area contributed by atoms with Crippen molar-refractivity contribution in [1.82, 2.24) is 14.9 Å². The third-order valence-corrected chi connectivity index (χ3v) is 7.70. The lowest BCUT2D eigenvalue weighted by Crippen LogP contribution is -2.34. The number of carbonyl (C=O) groups excluding carboxylic acids is 2. The average Bonchev–Trinajstić information content (AvgIpc) is 3.44. The van der Waals surface area contributed by atoms with Crippen LogP contribution in [0.2, 0.25) is 0 Å². The van der Waals surface area contributed by atoms with Crippen molar-refractivity contribution >= 4 is 46.0 Å². The molecule has 12 heteroatoms. The summed E-state index contributed by atoms with van der Waals surface area (Å²) in [4.78, 5) is 37.5. The fourth-order valence-corrected chi connectivity index (χ4v) is 5.62. The van der Waals surface area contributed by atoms with Gasteiger partial charge in [-0.05, 0) is 36.4 Å². The minimum atomic E-state index is -0.731. The van der Waals surface area contributed by atoms with Crippen LogP contribution < -0.4 is 19.7 Å². The molecule has 2 fully saturated rings. The Kier molecular flexibility index (Phi) is 6.22. The second kappa shape index (κ2) is 9.69. The molecule has 3 aromatic rings. The first-order valence-electron chi connectivity index (χ1n) is 11.9. The van der Waals surface area contributed by atoms with Crippen molar-refractivity contribution in [3.8, 4) is 11.6 Å². The van der Waals surface area contributed by atoms with Gasteiger partial charge in [0, 0.05) is 30.2 Å². The van der Waals surface area contributed by atoms with Crippen LogP contribution in [-0.4, -0.2) is 89.3 Å². The van der Waals surface area contributed by atoms with E-state index in [0.717, 1.165) is 4.90 Å². The van der Waals surface area contributed by atoms with E-state index < -0.39 is 18.3 Å². The second-order valence-electron chi connectivity index (χ2n) is 9.14. The Hall–Kier alpha value is -3.61. The number of aliphatic hydroxyl groups is 1. The van der Waals surface area contributed by atoms with Gasteiger partial charge in [-0.2, -0.15) is 0 Å². The van der Waals surface area contributed by atoms with Gasteiger partial charge in [0.15, 0.2) is 0 Å². The number of aliphatic hydroxyl groups excluding tert-OH is 1. The van der Waals surface area contributed by atoms with E-state index in [1.807, 2.05) is 29.2 Å². The fourth-order valence-electron chi connectivity index (χ4n) is 4.83. The van der Waals surface area contributed by atoms with Gasteiger partial charge in [0.05, 0.1) is 36.0 Å². The molecule has 2 saturated heterocycles. The Bertz CT molecular complexity index is 1370. The summed E-state index contributed by atoms with van der Waals surface area (Å²) in [6.45, 7) is 1.65. The summed E-state index contributed by atoms with van der Waals surface area (Å²) < 4.78 is 17.0. The Morgan fingerprint density at radius 1 is 1.16 bits per heavy atom. The van der Waals surface area contributed by atoms with E-state index >= 15 is 0 Å². The number of benzene rings is 2. The van der Waals surface area contributed by atoms with Crippen LogP contribution in [-0.2, 0) is 9.53 Å². The number of thioether (sulfide) groups is 1. The highest BCUT2D eigenvalue weighted by Gasteiger charge is 2.39. The van der Waals surface area contributed by atoms with E-state index in [9.17, 15) is 14.7 Å². The summed E-state index contributed by atoms with van der Waals surface area (Å²) in [7, 11) is 1.59. The predicted molar refractivity (Wildman–Crippen MR) is 136 cm³/mol. The molecule has 3 aliphatic heterocycles. The van der Waals surface area contributed by atoms with Crippen LogP contribution in [0.4, 0.5) is 16.2 Å². The second-order valence-corrected chi connectivity index (χ2v) is 10.2. The topological polar surface area (TPSA) is 126 Å². The minimum absolute atomic E-state index is 0.0602. The lowest BCUT2D eigenvalue weighted by Gasteiger charge is -2.20. The number of fused-ring (bicyclic) bond motifs is 2. The van der Waals surface area contributed by atoms with Crippen LogP contribution in [0, 0.1) is 0 Å². The first-order chi connectivity index (χ1) is 18.0. The molecule has 11 nitrogen and oxygen atoms in total. The maximum atomic E-state index is 12.6. The zero-order valence-corrected chi connectivity index (χ0v) is 20.8. The molecule has 1 aromatic heterocycles. The Morgan fingerprint density at radius 3 is 2.92 bits per heavy atom. The third kappa shape index (κ3) is 4.75. The zero-order chi connectivity index (χ0) is 25.5. The predicted octanol–water partition coefficient (Wildman–Crippen LogP) is 2.13. The third-order valence-electron chi connectivity index (χ3n) is 6.63. The largest absolute Gasteiger partial charge is 0.497 e. The molecule has 2 aromatic carbocycles. The van der Waals surface area contributed by atoms with E-state index in [-0.39, 0.29) is 12.0 Å². The summed E-state index contributed by atoms with van der Waals surface area (Å²) >= 11 is 1.47. The lowest BCUT2D eigenvalue weighted by molar-refractivity contribution is -0.113. The van der Waals surface area contributed by atoms with Gasteiger partial charge in [-0.15, -0.1) is 11.8 Å². The van der Waals surface area contributed by atoms with Gasteiger partial charge in [0.25, 0.3) is 0 Å². The van der Waals surface area contributed by atoms with Crippen LogP contribution in [0.1, 0.15) is 0 Å². The number of nitrogens with zero attached hydrogens (tertiary/aromatic N) is 4. The lowest BCUT2D eigenvalue weighted by atomic mass is 10.2. The molecule has 0 radical (unpaired) electrons. The summed E-state index contributed by atoms with van der Waals surface area (Å²) in [5.74, 6) is 1.36. The van der Waals surface area contributed by atoms with Gasteiger partial charge >= 0.3 is 6.09 Å². The number of aromatic nitrogens is 2. The van der Waals surface area contributed by atoms with Crippen molar-refractivity contribution in [3.63, 3.8) is 0 Å². The smallest absolute Gasteiger partial charge is 0.414 e. The van der Waals surface area contributed by atoms with E-state index in [2.05, 4.69) is 15.3 Å². The summed E-state index contributed by atoms with van der Waals surface area (Å²) in [5, 5.41) is 14.2. The van der Waals surface area contributed by atoms with E-state index in [0.29, 0.717) is 65.8 Å². The number of likely N-dealkylation sites (tertiary alicyclic amines) is 1. The van der Waals surface area contributed by atoms with Gasteiger partial charge in [-0.1, -0.05) is 0 Å². The highest BCUT2D eigenvalue weighted by Crippen LogP contribution is 2.36. The number of nitrogens with one attached hydrogen (secondary N) is 1. The normalized spacial score (nSPS) is 23.6. The van der Waals surface area contributed by atoms with Crippen molar-refractivity contribution in [3.05, 3.63) is 42.7 Å². The number of β-amino-alcohol motifs (C(OH)–C–C–N with tert-alkyl or cyclic N) is 1. The summed E-state index contributed by atoms with van der Waals surface area (Å²) in [6, 6.07) is 11.0. The Morgan fingerprint density at radius 2 is 2.05 bits per heavy atom. The van der Waals surface area contributed by atoms with E-state index in [1.54, 1.807) is 24.1 Å². The quantitative estimate of drug-likeness (QED) is 0.496. The van der Waals surface area contributed by atoms with Crippen molar-refractivity contribution in [2.75, 3.05) is 49.3 Å². The maximum absolute atomic E-state index is 12.6. The van der Waals surface area contributed by atoms with Crippen LogP contribution in [0.25, 0.3) is 10.9 Å². The monoisotopic (exact) mass is 523 g/mol. The van der Waals surface area contributed by atoms with Crippen molar-refractivity contribution < 1.29 is 28.9 Å². The number of ether oxygens (including phenoxy) is 3. The minimum Gasteiger partial charge on any atom is -0.497 e. The molecule has 0 spiro atoms. The summed E-state index contributed by atoms with van der Waals surface area (Å²) in [5.41, 5.74) is 2.09. The van der Waals surface area contributed by atoms with E-state index in [1.165, 1.54) is 18.1 Å². The van der Waals surface area contributed by atoms with Gasteiger partial charge in [0.1, 0.15) is 30.4 Å². The molecular weight excluding hydrogens is 498 g/mol. The first-order valence-corrected chi connectivity index (χ1v) is 12.9. The number of rotatable bonds is 6. The molecule has 37 heavy (non-hydrogen) atoms. The first kappa shape index (κ1) is 23.8. The summed E-state index contributed by atoms with van der Waals surface area (Å²) in [6.07, 6.45) is -0.609. The molecule has 4 heterocycles. The van der Waals surface area contributed by atoms with Crippen molar-refractivity contribution in [2.45, 2.75) is 23.2 Å². The van der Waals surface area contributed by atoms with Gasteiger partial charge in [-0.25, -0.2) is 14.8 Å². The molecule has 2 N–H and O–H groups in total. The van der Waals surface area contributed by atoms with Gasteiger partial charge in [-0.3, -0.25) is 14.6 Å². The molecule has 6 rings (SSSR count). The fraction of sp³-hybridized carbons (Fsp3) is 0.360. The molecule has 2 amide bonds. The number of amides is 2. The molecule has 192 valence electrons. The standard InChI is InChI=1S/C25H25N5O6S/c1-34-15-3-4-18-17(7-15)24(27-13-26-18)36-21-11-29(10-20(21)31)8-16-9-30(25(33)35-16)14-2-5-22-19(6-14)28-23(32)12-37-22/h2-7,13,16,20-21,31H,8-12H2,1H3,(H,28,32)/t16-,20-,21-/m1/s1. The average molecular weight is 524 g/mol. The maximum Gasteiger partial charge on any atom is 0.414 e. The zero-order valence-electron chi connectivity index (χ0n) is 20.0. The SMILES string of the molecule is COc1ccc2ncnc(O[C@@H]3CN(C[C@@H]4CN(c5ccc6c(c5)NC(=O)CS6)C(=O)O4)C[C@H]3O)c2c1. The molecule has 0 unspecified atom stereocenters. The number of hydrogen-bond acceptors (Lipinski definition) is 10. The number of carbonyl (C=O) groups is 2. The Labute approximate surface area is 216 Å². The highest BCUT2D eigenvalue weighted by atomic mass is 32.2. The van der Waals surface area contributed by atoms with Gasteiger partial charge in [0.2, 0.25) is 11.8 Å². The number of methoxy groups -OCH3 is 1. The van der Waals surface area contributed by atoms with Crippen molar-refractivity contribution in [2.24, 2.45) is 0 Å². The molecule has 0 aliphatic carbocycles. The van der Waals surface area contributed by atoms with Crippen LogP contribution in [0.15, 0.2) is 47.6 Å². The van der Waals surface area contributed by atoms with Gasteiger partial charge < -0.3 is 24.6 Å². The van der Waals surface area contributed by atoms with Crippen LogP contribution in [0.3, 0.4) is 0 Å². The van der Waals surface area contributed by atoms with Crippen LogP contribution in [0.5, 0.6) is 11.6 Å². The molecule has 0 bridgehead atoms. The molecular formula is C25H25N5O6S. The number of anilines is 2. The Balaban J connectivity index is 1.10. The number of hydrogen-bond donors (Lipinski definition) is 2. The number of cyclic esters (lactones) is 1. The van der Waals surface area contributed by atoms with Crippen LogP contribution >= 0.6 is 11.8 Å². The van der Waals surface area contributed by atoms with E-state index in [4.69, 9.17) is 14.2 Å². The van der Waals surface area contributed by atoms with Crippen molar-refractivity contribution in [1.29, 1.82) is 0 Å². The molecule has 3 aliphatic rings.